The van der Waals surface area contributed by atoms with Gasteiger partial charge in [0.1, 0.15) is 0 Å². The zero-order valence-electron chi connectivity index (χ0n) is 12.3. The van der Waals surface area contributed by atoms with Crippen molar-refractivity contribution in [2.24, 2.45) is 0 Å². The molecule has 3 aromatic carbocycles. The molecule has 3 heteroatoms. The first kappa shape index (κ1) is 14.5. The van der Waals surface area contributed by atoms with Gasteiger partial charge in [-0.25, -0.2) is 0 Å². The molecule has 0 saturated heterocycles. The molecule has 112 valence electrons. The smallest absolute Gasteiger partial charge is 0.256 e. The van der Waals surface area contributed by atoms with Crippen molar-refractivity contribution in [1.82, 2.24) is 0 Å². The normalized spacial score (nSPS) is 11.7. The van der Waals surface area contributed by atoms with Gasteiger partial charge in [0.05, 0.1) is 5.56 Å². The van der Waals surface area contributed by atoms with Crippen LogP contribution in [0.15, 0.2) is 66.7 Å². The molecule has 0 fully saturated rings. The third kappa shape index (κ3) is 2.65. The highest BCUT2D eigenvalue weighted by atomic mass is 127. The van der Waals surface area contributed by atoms with Crippen LogP contribution in [0, 0.1) is 3.57 Å². The molecule has 1 aliphatic rings. The minimum absolute atomic E-state index is 0.0683. The van der Waals surface area contributed by atoms with E-state index in [1.54, 1.807) is 0 Å². The fourth-order valence-electron chi connectivity index (χ4n) is 3.05. The van der Waals surface area contributed by atoms with Crippen molar-refractivity contribution < 1.29 is 4.79 Å². The van der Waals surface area contributed by atoms with Gasteiger partial charge in [-0.2, -0.15) is 0 Å². The van der Waals surface area contributed by atoms with Crippen molar-refractivity contribution >= 4 is 34.2 Å². The van der Waals surface area contributed by atoms with Crippen LogP contribution in [0.3, 0.4) is 0 Å². The number of benzene rings is 3. The molecule has 3 aromatic rings. The Morgan fingerprint density at radius 3 is 2.48 bits per heavy atom. The Kier molecular flexibility index (Phi) is 3.65. The molecule has 0 heterocycles. The largest absolute Gasteiger partial charge is 0.322 e. The molecule has 0 radical (unpaired) electrons. The molecule has 0 atom stereocenters. The van der Waals surface area contributed by atoms with E-state index in [1.165, 1.54) is 22.3 Å². The van der Waals surface area contributed by atoms with Gasteiger partial charge in [0, 0.05) is 9.26 Å². The van der Waals surface area contributed by atoms with E-state index in [2.05, 4.69) is 64.3 Å². The lowest BCUT2D eigenvalue weighted by Gasteiger charge is -2.09. The molecule has 1 amide bonds. The summed E-state index contributed by atoms with van der Waals surface area (Å²) >= 11 is 2.19. The molecular formula is C20H14INO. The first-order valence-electron chi connectivity index (χ1n) is 7.49. The lowest BCUT2D eigenvalue weighted by atomic mass is 10.1. The number of anilines is 1. The van der Waals surface area contributed by atoms with Crippen molar-refractivity contribution in [2.75, 3.05) is 5.32 Å². The molecule has 0 saturated carbocycles. The molecule has 4 rings (SSSR count). The number of hydrogen-bond donors (Lipinski definition) is 1. The zero-order chi connectivity index (χ0) is 15.8. The Morgan fingerprint density at radius 1 is 0.870 bits per heavy atom. The van der Waals surface area contributed by atoms with E-state index in [9.17, 15) is 4.79 Å². The molecule has 1 N–H and O–H groups in total. The highest BCUT2D eigenvalue weighted by molar-refractivity contribution is 14.1. The molecule has 0 unspecified atom stereocenters. The van der Waals surface area contributed by atoms with Gasteiger partial charge in [-0.1, -0.05) is 42.5 Å². The topological polar surface area (TPSA) is 29.1 Å². The summed E-state index contributed by atoms with van der Waals surface area (Å²) in [6.45, 7) is 0. The third-order valence-corrected chi connectivity index (χ3v) is 5.12. The second-order valence-corrected chi connectivity index (χ2v) is 6.80. The summed E-state index contributed by atoms with van der Waals surface area (Å²) in [5.41, 5.74) is 6.70. The van der Waals surface area contributed by atoms with Gasteiger partial charge < -0.3 is 5.32 Å². The molecule has 0 aromatic heterocycles. The van der Waals surface area contributed by atoms with Gasteiger partial charge in [0.25, 0.3) is 5.91 Å². The van der Waals surface area contributed by atoms with Crippen LogP contribution >= 0.6 is 22.6 Å². The SMILES string of the molecule is O=C(Nc1ccc2c(c1)-c1ccccc1C2)c1ccccc1I. The Morgan fingerprint density at radius 2 is 1.61 bits per heavy atom. The first-order chi connectivity index (χ1) is 11.2. The number of hydrogen-bond acceptors (Lipinski definition) is 1. The van der Waals surface area contributed by atoms with Crippen molar-refractivity contribution in [3.8, 4) is 11.1 Å². The highest BCUT2D eigenvalue weighted by Crippen LogP contribution is 2.37. The third-order valence-electron chi connectivity index (χ3n) is 4.17. The number of amides is 1. The summed E-state index contributed by atoms with van der Waals surface area (Å²) in [7, 11) is 0. The highest BCUT2D eigenvalue weighted by Gasteiger charge is 2.18. The maximum Gasteiger partial charge on any atom is 0.256 e. The summed E-state index contributed by atoms with van der Waals surface area (Å²) in [5.74, 6) is -0.0683. The average molecular weight is 411 g/mol. The molecule has 0 aliphatic heterocycles. The summed E-state index contributed by atoms with van der Waals surface area (Å²) in [6, 6.07) is 22.2. The minimum Gasteiger partial charge on any atom is -0.322 e. The van der Waals surface area contributed by atoms with Crippen LogP contribution in [0.5, 0.6) is 0 Å². The zero-order valence-corrected chi connectivity index (χ0v) is 14.5. The Labute approximate surface area is 148 Å². The monoisotopic (exact) mass is 411 g/mol. The van der Waals surface area contributed by atoms with E-state index in [-0.39, 0.29) is 5.91 Å². The number of nitrogens with one attached hydrogen (secondary N) is 1. The number of carbonyl (C=O) groups is 1. The second kappa shape index (κ2) is 5.81. The van der Waals surface area contributed by atoms with Gasteiger partial charge in [-0.05, 0) is 75.5 Å². The van der Waals surface area contributed by atoms with Crippen LogP contribution < -0.4 is 5.32 Å². The molecule has 2 nitrogen and oxygen atoms in total. The number of rotatable bonds is 2. The number of halogens is 1. The maximum atomic E-state index is 12.5. The summed E-state index contributed by atoms with van der Waals surface area (Å²) in [4.78, 5) is 12.5. The minimum atomic E-state index is -0.0683. The van der Waals surface area contributed by atoms with Gasteiger partial charge >= 0.3 is 0 Å². The van der Waals surface area contributed by atoms with E-state index in [1.807, 2.05) is 30.3 Å². The van der Waals surface area contributed by atoms with Crippen LogP contribution in [-0.4, -0.2) is 5.91 Å². The lowest BCUT2D eigenvalue weighted by Crippen LogP contribution is -2.13. The molecule has 0 spiro atoms. The Hall–Kier alpha value is -2.14. The molecule has 23 heavy (non-hydrogen) atoms. The quantitative estimate of drug-likeness (QED) is 0.456. The van der Waals surface area contributed by atoms with E-state index in [4.69, 9.17) is 0 Å². The second-order valence-electron chi connectivity index (χ2n) is 5.64. The fourth-order valence-corrected chi connectivity index (χ4v) is 3.68. The van der Waals surface area contributed by atoms with Crippen molar-refractivity contribution in [3.63, 3.8) is 0 Å². The van der Waals surface area contributed by atoms with Crippen LogP contribution in [0.25, 0.3) is 11.1 Å². The number of carbonyl (C=O) groups excluding carboxylic acids is 1. The van der Waals surface area contributed by atoms with Crippen LogP contribution in [0.4, 0.5) is 5.69 Å². The molecule has 1 aliphatic carbocycles. The van der Waals surface area contributed by atoms with Gasteiger partial charge in [0.15, 0.2) is 0 Å². The van der Waals surface area contributed by atoms with E-state index in [0.29, 0.717) is 5.56 Å². The van der Waals surface area contributed by atoms with E-state index in [0.717, 1.165) is 15.7 Å². The van der Waals surface area contributed by atoms with Gasteiger partial charge in [-0.3, -0.25) is 4.79 Å². The number of fused-ring (bicyclic) bond motifs is 3. The van der Waals surface area contributed by atoms with Crippen LogP contribution in [0.2, 0.25) is 0 Å². The summed E-state index contributed by atoms with van der Waals surface area (Å²) in [6.07, 6.45) is 0.969. The lowest BCUT2D eigenvalue weighted by molar-refractivity contribution is 0.102. The summed E-state index contributed by atoms with van der Waals surface area (Å²) in [5, 5.41) is 3.02. The van der Waals surface area contributed by atoms with Crippen molar-refractivity contribution in [3.05, 3.63) is 87.0 Å². The van der Waals surface area contributed by atoms with Crippen molar-refractivity contribution in [1.29, 1.82) is 0 Å². The van der Waals surface area contributed by atoms with Gasteiger partial charge in [-0.15, -0.1) is 0 Å². The summed E-state index contributed by atoms with van der Waals surface area (Å²) < 4.78 is 0.953. The Balaban J connectivity index is 1.66. The predicted molar refractivity (Wildman–Crippen MR) is 102 cm³/mol. The van der Waals surface area contributed by atoms with Crippen LogP contribution in [-0.2, 0) is 6.42 Å². The average Bonchev–Trinajstić information content (AvgIpc) is 2.93. The van der Waals surface area contributed by atoms with E-state index >= 15 is 0 Å². The Bertz CT molecular complexity index is 917. The standard InChI is InChI=1S/C20H14INO/c21-19-8-4-3-7-17(19)20(23)22-15-10-9-14-11-13-5-1-2-6-16(13)18(14)12-15/h1-10,12H,11H2,(H,22,23). The van der Waals surface area contributed by atoms with Gasteiger partial charge in [0.2, 0.25) is 0 Å². The van der Waals surface area contributed by atoms with Crippen molar-refractivity contribution in [2.45, 2.75) is 6.42 Å². The fraction of sp³-hybridized carbons (Fsp3) is 0.0500. The first-order valence-corrected chi connectivity index (χ1v) is 8.57. The van der Waals surface area contributed by atoms with E-state index < -0.39 is 0 Å². The predicted octanol–water partition coefficient (Wildman–Crippen LogP) is 5.11. The maximum absolute atomic E-state index is 12.5. The molecular weight excluding hydrogens is 397 g/mol. The van der Waals surface area contributed by atoms with Crippen LogP contribution in [0.1, 0.15) is 21.5 Å². The molecule has 0 bridgehead atoms.